The van der Waals surface area contributed by atoms with Gasteiger partial charge < -0.3 is 4.42 Å². The van der Waals surface area contributed by atoms with Crippen LogP contribution in [0.15, 0.2) is 41.3 Å². The Morgan fingerprint density at radius 1 is 1.38 bits per heavy atom. The van der Waals surface area contributed by atoms with E-state index in [0.29, 0.717) is 5.56 Å². The highest BCUT2D eigenvalue weighted by Gasteiger charge is 2.20. The summed E-state index contributed by atoms with van der Waals surface area (Å²) in [5.41, 5.74) is 1.34. The minimum absolute atomic E-state index is 0.0510. The zero-order valence-electron chi connectivity index (χ0n) is 8.68. The maximum absolute atomic E-state index is 12.1. The Kier molecular flexibility index (Phi) is 3.06. The molecule has 0 amide bonds. The topological polar surface area (TPSA) is 43.1 Å². The molecule has 1 unspecified atom stereocenters. The number of aromatic nitrogens is 1. The summed E-state index contributed by atoms with van der Waals surface area (Å²) >= 11 is 5.77. The minimum Gasteiger partial charge on any atom is -0.452 e. The minimum atomic E-state index is -0.252. The van der Waals surface area contributed by atoms with E-state index in [1.807, 2.05) is 19.1 Å². The summed E-state index contributed by atoms with van der Waals surface area (Å²) in [6, 6.07) is 5.22. The lowest BCUT2D eigenvalue weighted by Gasteiger charge is -2.08. The number of carbonyl (C=O) groups excluding carboxylic acids is 1. The highest BCUT2D eigenvalue weighted by molar-refractivity contribution is 6.32. The second kappa shape index (κ2) is 4.49. The molecule has 0 radical (unpaired) electrons. The maximum atomic E-state index is 12.1. The van der Waals surface area contributed by atoms with Gasteiger partial charge >= 0.3 is 0 Å². The molecule has 0 saturated carbocycles. The van der Waals surface area contributed by atoms with Crippen molar-refractivity contribution in [3.63, 3.8) is 0 Å². The molecule has 3 nitrogen and oxygen atoms in total. The third kappa shape index (κ3) is 1.99. The van der Waals surface area contributed by atoms with Crippen molar-refractivity contribution >= 4 is 17.4 Å². The number of halogens is 1. The summed E-state index contributed by atoms with van der Waals surface area (Å²) in [7, 11) is 0. The lowest BCUT2D eigenvalue weighted by atomic mass is 9.94. The monoisotopic (exact) mass is 235 g/mol. The first-order chi connectivity index (χ1) is 7.70. The van der Waals surface area contributed by atoms with E-state index >= 15 is 0 Å². The fraction of sp³-hybridized carbons (Fsp3) is 0.167. The highest BCUT2D eigenvalue weighted by atomic mass is 35.5. The molecule has 0 N–H and O–H groups in total. The Morgan fingerprint density at radius 2 is 2.06 bits per heavy atom. The van der Waals surface area contributed by atoms with Gasteiger partial charge in [-0.3, -0.25) is 9.78 Å². The van der Waals surface area contributed by atoms with Crippen LogP contribution in [0.1, 0.15) is 28.8 Å². The van der Waals surface area contributed by atoms with Crippen LogP contribution < -0.4 is 0 Å². The van der Waals surface area contributed by atoms with Crippen LogP contribution in [0.25, 0.3) is 0 Å². The van der Waals surface area contributed by atoms with Crippen molar-refractivity contribution < 1.29 is 9.21 Å². The number of furan rings is 1. The van der Waals surface area contributed by atoms with Crippen molar-refractivity contribution in [2.75, 3.05) is 0 Å². The molecule has 82 valence electrons. The summed E-state index contributed by atoms with van der Waals surface area (Å²) in [6.45, 7) is 1.83. The van der Waals surface area contributed by atoms with E-state index in [2.05, 4.69) is 4.98 Å². The molecular weight excluding hydrogens is 226 g/mol. The lowest BCUT2D eigenvalue weighted by Crippen LogP contribution is -2.09. The second-order valence-corrected chi connectivity index (χ2v) is 3.82. The molecule has 0 aromatic carbocycles. The zero-order valence-corrected chi connectivity index (χ0v) is 9.44. The second-order valence-electron chi connectivity index (χ2n) is 3.47. The number of pyridine rings is 1. The SMILES string of the molecule is CC(C(=O)c1ccoc1Cl)c1ccncc1. The van der Waals surface area contributed by atoms with E-state index in [9.17, 15) is 4.79 Å². The predicted molar refractivity (Wildman–Crippen MR) is 60.7 cm³/mol. The molecule has 4 heteroatoms. The molecule has 0 aliphatic carbocycles. The van der Waals surface area contributed by atoms with Gasteiger partial charge in [0.2, 0.25) is 5.22 Å². The Bertz CT molecular complexity index is 493. The van der Waals surface area contributed by atoms with Crippen molar-refractivity contribution in [2.24, 2.45) is 0 Å². The summed E-state index contributed by atoms with van der Waals surface area (Å²) in [5.74, 6) is -0.303. The first kappa shape index (κ1) is 10.9. The van der Waals surface area contributed by atoms with Gasteiger partial charge in [0.1, 0.15) is 0 Å². The van der Waals surface area contributed by atoms with Gasteiger partial charge in [0.05, 0.1) is 11.8 Å². The molecule has 1 atom stereocenters. The van der Waals surface area contributed by atoms with E-state index < -0.39 is 0 Å². The lowest BCUT2D eigenvalue weighted by molar-refractivity contribution is 0.0965. The van der Waals surface area contributed by atoms with Crippen molar-refractivity contribution in [1.82, 2.24) is 4.98 Å². The third-order valence-corrected chi connectivity index (χ3v) is 2.78. The van der Waals surface area contributed by atoms with Crippen LogP contribution in [-0.4, -0.2) is 10.8 Å². The average molecular weight is 236 g/mol. The van der Waals surface area contributed by atoms with E-state index in [-0.39, 0.29) is 16.9 Å². The van der Waals surface area contributed by atoms with Gasteiger partial charge in [-0.05, 0) is 35.4 Å². The molecule has 0 fully saturated rings. The molecule has 0 bridgehead atoms. The van der Waals surface area contributed by atoms with Crippen LogP contribution in [0.4, 0.5) is 0 Å². The number of hydrogen-bond acceptors (Lipinski definition) is 3. The Balaban J connectivity index is 2.27. The summed E-state index contributed by atoms with van der Waals surface area (Å²) in [6.07, 6.45) is 4.74. The van der Waals surface area contributed by atoms with E-state index in [4.69, 9.17) is 16.0 Å². The third-order valence-electron chi connectivity index (χ3n) is 2.48. The fourth-order valence-corrected chi connectivity index (χ4v) is 1.71. The van der Waals surface area contributed by atoms with Gasteiger partial charge in [0.25, 0.3) is 0 Å². The van der Waals surface area contributed by atoms with Crippen LogP contribution in [0.5, 0.6) is 0 Å². The summed E-state index contributed by atoms with van der Waals surface area (Å²) < 4.78 is 4.90. The van der Waals surface area contributed by atoms with E-state index in [1.54, 1.807) is 18.5 Å². The molecule has 2 heterocycles. The van der Waals surface area contributed by atoms with Crippen LogP contribution in [0.2, 0.25) is 5.22 Å². The van der Waals surface area contributed by atoms with E-state index in [1.165, 1.54) is 6.26 Å². The molecule has 0 saturated heterocycles. The Morgan fingerprint density at radius 3 is 2.62 bits per heavy atom. The molecule has 0 aliphatic rings. The van der Waals surface area contributed by atoms with Crippen LogP contribution in [-0.2, 0) is 0 Å². The summed E-state index contributed by atoms with van der Waals surface area (Å²) in [4.78, 5) is 16.0. The molecule has 2 aromatic rings. The number of ketones is 1. The number of hydrogen-bond donors (Lipinski definition) is 0. The normalized spacial score (nSPS) is 12.4. The van der Waals surface area contributed by atoms with Crippen molar-refractivity contribution in [1.29, 1.82) is 0 Å². The molecule has 2 rings (SSSR count). The van der Waals surface area contributed by atoms with Crippen molar-refractivity contribution in [2.45, 2.75) is 12.8 Å². The standard InChI is InChI=1S/C12H10ClNO2/c1-8(9-2-5-14-6-3-9)11(15)10-4-7-16-12(10)13/h2-8H,1H3. The fourth-order valence-electron chi connectivity index (χ4n) is 1.51. The predicted octanol–water partition coefficient (Wildman–Crippen LogP) is 3.31. The Labute approximate surface area is 98.1 Å². The van der Waals surface area contributed by atoms with Gasteiger partial charge in [-0.2, -0.15) is 0 Å². The van der Waals surface area contributed by atoms with Gasteiger partial charge in [-0.25, -0.2) is 0 Å². The molecule has 2 aromatic heterocycles. The van der Waals surface area contributed by atoms with Crippen molar-refractivity contribution in [3.05, 3.63) is 53.2 Å². The average Bonchev–Trinajstić information content (AvgIpc) is 2.75. The summed E-state index contributed by atoms with van der Waals surface area (Å²) in [5, 5.41) is 0.144. The maximum Gasteiger partial charge on any atom is 0.203 e. The van der Waals surface area contributed by atoms with Gasteiger partial charge in [-0.15, -0.1) is 0 Å². The van der Waals surface area contributed by atoms with Gasteiger partial charge in [-0.1, -0.05) is 6.92 Å². The van der Waals surface area contributed by atoms with E-state index in [0.717, 1.165) is 5.56 Å². The quantitative estimate of drug-likeness (QED) is 0.767. The van der Waals surface area contributed by atoms with Gasteiger partial charge in [0, 0.05) is 18.3 Å². The molecule has 0 aliphatic heterocycles. The number of nitrogens with zero attached hydrogens (tertiary/aromatic N) is 1. The van der Waals surface area contributed by atoms with Gasteiger partial charge in [0.15, 0.2) is 5.78 Å². The first-order valence-corrected chi connectivity index (χ1v) is 5.25. The molecule has 16 heavy (non-hydrogen) atoms. The molecule has 0 spiro atoms. The highest BCUT2D eigenvalue weighted by Crippen LogP contribution is 2.25. The Hall–Kier alpha value is -1.61. The largest absolute Gasteiger partial charge is 0.452 e. The molecular formula is C12H10ClNO2. The number of carbonyl (C=O) groups is 1. The van der Waals surface area contributed by atoms with Crippen LogP contribution >= 0.6 is 11.6 Å². The number of rotatable bonds is 3. The van der Waals surface area contributed by atoms with Crippen LogP contribution in [0, 0.1) is 0 Å². The zero-order chi connectivity index (χ0) is 11.5. The first-order valence-electron chi connectivity index (χ1n) is 4.87. The van der Waals surface area contributed by atoms with Crippen molar-refractivity contribution in [3.8, 4) is 0 Å². The smallest absolute Gasteiger partial charge is 0.203 e. The van der Waals surface area contributed by atoms with Crippen LogP contribution in [0.3, 0.4) is 0 Å². The number of Topliss-reactive ketones (excluding diaryl/α,β-unsaturated/α-hetero) is 1.